The molecule has 0 aliphatic carbocycles. The third-order valence-electron chi connectivity index (χ3n) is 3.21. The molecule has 1 unspecified atom stereocenters. The van der Waals surface area contributed by atoms with Crippen LogP contribution >= 0.6 is 27.5 Å². The SMILES string of the molecule is Clc1cc(Br)cc(Cc2nc(C3CCCN3)n[nH]2)c1. The van der Waals surface area contributed by atoms with Crippen LogP contribution < -0.4 is 5.32 Å². The van der Waals surface area contributed by atoms with Crippen molar-refractivity contribution < 1.29 is 0 Å². The molecule has 1 aromatic heterocycles. The van der Waals surface area contributed by atoms with E-state index in [4.69, 9.17) is 11.6 Å². The predicted octanol–water partition coefficient (Wildman–Crippen LogP) is 3.24. The molecule has 1 aliphatic heterocycles. The normalized spacial score (nSPS) is 18.9. The zero-order valence-electron chi connectivity index (χ0n) is 10.3. The summed E-state index contributed by atoms with van der Waals surface area (Å²) in [7, 11) is 0. The van der Waals surface area contributed by atoms with Crippen LogP contribution in [-0.4, -0.2) is 21.7 Å². The number of aromatic amines is 1. The van der Waals surface area contributed by atoms with Crippen molar-refractivity contribution in [2.24, 2.45) is 0 Å². The lowest BCUT2D eigenvalue weighted by Crippen LogP contribution is -2.14. The summed E-state index contributed by atoms with van der Waals surface area (Å²) < 4.78 is 0.979. The van der Waals surface area contributed by atoms with Crippen LogP contribution in [0.15, 0.2) is 22.7 Å². The molecule has 2 aromatic rings. The molecule has 0 bridgehead atoms. The third-order valence-corrected chi connectivity index (χ3v) is 3.89. The lowest BCUT2D eigenvalue weighted by molar-refractivity contribution is 0.607. The van der Waals surface area contributed by atoms with Crippen LogP contribution in [0.4, 0.5) is 0 Å². The molecule has 19 heavy (non-hydrogen) atoms. The molecular formula is C13H14BrClN4. The summed E-state index contributed by atoms with van der Waals surface area (Å²) in [6, 6.07) is 6.17. The van der Waals surface area contributed by atoms with Gasteiger partial charge in [0.25, 0.3) is 0 Å². The van der Waals surface area contributed by atoms with Crippen molar-refractivity contribution >= 4 is 27.5 Å². The van der Waals surface area contributed by atoms with Crippen molar-refractivity contribution in [3.63, 3.8) is 0 Å². The van der Waals surface area contributed by atoms with Crippen LogP contribution in [0.25, 0.3) is 0 Å². The van der Waals surface area contributed by atoms with Gasteiger partial charge in [0, 0.05) is 15.9 Å². The summed E-state index contributed by atoms with van der Waals surface area (Å²) in [6.07, 6.45) is 3.01. The van der Waals surface area contributed by atoms with Crippen LogP contribution in [0.3, 0.4) is 0 Å². The summed E-state index contributed by atoms with van der Waals surface area (Å²) in [5.74, 6) is 1.74. The van der Waals surface area contributed by atoms with E-state index in [0.29, 0.717) is 12.5 Å². The Bertz CT molecular complexity index is 558. The van der Waals surface area contributed by atoms with Crippen LogP contribution in [0.5, 0.6) is 0 Å². The van der Waals surface area contributed by atoms with Crippen molar-refractivity contribution in [2.45, 2.75) is 25.3 Å². The van der Waals surface area contributed by atoms with Crippen molar-refractivity contribution in [3.8, 4) is 0 Å². The number of H-pyrrole nitrogens is 1. The standard InChI is InChI=1S/C13H14BrClN4/c14-9-4-8(5-10(15)7-9)6-12-17-13(19-18-12)11-2-1-3-16-11/h4-5,7,11,16H,1-3,6H2,(H,17,18,19). The van der Waals surface area contributed by atoms with Gasteiger partial charge in [-0.25, -0.2) is 4.98 Å². The van der Waals surface area contributed by atoms with E-state index in [1.165, 1.54) is 6.42 Å². The number of rotatable bonds is 3. The van der Waals surface area contributed by atoms with Gasteiger partial charge in [0.1, 0.15) is 5.82 Å². The van der Waals surface area contributed by atoms with Crippen LogP contribution in [0.2, 0.25) is 5.02 Å². The molecule has 3 rings (SSSR count). The Hall–Kier alpha value is -0.910. The largest absolute Gasteiger partial charge is 0.307 e. The highest BCUT2D eigenvalue weighted by molar-refractivity contribution is 9.10. The van der Waals surface area contributed by atoms with E-state index in [9.17, 15) is 0 Å². The maximum absolute atomic E-state index is 6.04. The zero-order chi connectivity index (χ0) is 13.2. The van der Waals surface area contributed by atoms with Gasteiger partial charge >= 0.3 is 0 Å². The third kappa shape index (κ3) is 3.16. The van der Waals surface area contributed by atoms with Crippen molar-refractivity contribution in [1.82, 2.24) is 20.5 Å². The predicted molar refractivity (Wildman–Crippen MR) is 78.3 cm³/mol. The molecule has 4 nitrogen and oxygen atoms in total. The van der Waals surface area contributed by atoms with Gasteiger partial charge in [0.2, 0.25) is 0 Å². The van der Waals surface area contributed by atoms with Gasteiger partial charge in [-0.1, -0.05) is 27.5 Å². The minimum Gasteiger partial charge on any atom is -0.307 e. The number of nitrogens with one attached hydrogen (secondary N) is 2. The van der Waals surface area contributed by atoms with E-state index in [1.54, 1.807) is 0 Å². The number of hydrogen-bond acceptors (Lipinski definition) is 3. The Labute approximate surface area is 125 Å². The number of aromatic nitrogens is 3. The maximum Gasteiger partial charge on any atom is 0.167 e. The molecule has 1 fully saturated rings. The average Bonchev–Trinajstić information content (AvgIpc) is 2.96. The van der Waals surface area contributed by atoms with Gasteiger partial charge in [0.05, 0.1) is 6.04 Å². The minimum absolute atomic E-state index is 0.302. The fourth-order valence-electron chi connectivity index (χ4n) is 2.36. The second-order valence-electron chi connectivity index (χ2n) is 4.74. The highest BCUT2D eigenvalue weighted by atomic mass is 79.9. The quantitative estimate of drug-likeness (QED) is 0.901. The first-order chi connectivity index (χ1) is 9.20. The molecule has 0 saturated carbocycles. The highest BCUT2D eigenvalue weighted by Gasteiger charge is 2.20. The van der Waals surface area contributed by atoms with Crippen LogP contribution in [0.1, 0.15) is 36.1 Å². The van der Waals surface area contributed by atoms with Gasteiger partial charge < -0.3 is 5.32 Å². The van der Waals surface area contributed by atoms with E-state index in [1.807, 2.05) is 18.2 Å². The number of halogens is 2. The van der Waals surface area contributed by atoms with Gasteiger partial charge in [-0.05, 0) is 43.1 Å². The lowest BCUT2D eigenvalue weighted by atomic mass is 10.1. The Morgan fingerprint density at radius 3 is 3.00 bits per heavy atom. The van der Waals surface area contributed by atoms with Crippen molar-refractivity contribution in [1.29, 1.82) is 0 Å². The molecular weight excluding hydrogens is 328 g/mol. The Morgan fingerprint density at radius 1 is 1.37 bits per heavy atom. The number of hydrogen-bond donors (Lipinski definition) is 2. The maximum atomic E-state index is 6.04. The summed E-state index contributed by atoms with van der Waals surface area (Å²) in [5, 5.41) is 11.4. The van der Waals surface area contributed by atoms with Gasteiger partial charge in [-0.3, -0.25) is 5.10 Å². The molecule has 1 atom stereocenters. The molecule has 1 saturated heterocycles. The smallest absolute Gasteiger partial charge is 0.167 e. The molecule has 2 heterocycles. The average molecular weight is 342 g/mol. The molecule has 2 N–H and O–H groups in total. The number of benzene rings is 1. The van der Waals surface area contributed by atoms with Gasteiger partial charge in [0.15, 0.2) is 5.82 Å². The summed E-state index contributed by atoms with van der Waals surface area (Å²) in [6.45, 7) is 1.05. The molecule has 1 aliphatic rings. The first-order valence-corrected chi connectivity index (χ1v) is 7.47. The fourth-order valence-corrected chi connectivity index (χ4v) is 3.29. The molecule has 0 radical (unpaired) electrons. The van der Waals surface area contributed by atoms with Crippen molar-refractivity contribution in [2.75, 3.05) is 6.54 Å². The monoisotopic (exact) mass is 340 g/mol. The van der Waals surface area contributed by atoms with E-state index < -0.39 is 0 Å². The first-order valence-electron chi connectivity index (χ1n) is 6.30. The van der Waals surface area contributed by atoms with Crippen LogP contribution in [-0.2, 0) is 6.42 Å². The summed E-state index contributed by atoms with van der Waals surface area (Å²) in [4.78, 5) is 4.56. The zero-order valence-corrected chi connectivity index (χ0v) is 12.6. The Morgan fingerprint density at radius 2 is 2.26 bits per heavy atom. The number of nitrogens with zero attached hydrogens (tertiary/aromatic N) is 2. The second kappa shape index (κ2) is 5.61. The first kappa shape index (κ1) is 13.1. The topological polar surface area (TPSA) is 53.6 Å². The molecule has 0 amide bonds. The minimum atomic E-state index is 0.302. The Balaban J connectivity index is 1.76. The Kier molecular flexibility index (Phi) is 3.86. The second-order valence-corrected chi connectivity index (χ2v) is 6.10. The van der Waals surface area contributed by atoms with E-state index in [-0.39, 0.29) is 0 Å². The summed E-state index contributed by atoms with van der Waals surface area (Å²) in [5.41, 5.74) is 1.11. The van der Waals surface area contributed by atoms with Crippen LogP contribution in [0, 0.1) is 0 Å². The van der Waals surface area contributed by atoms with Crippen molar-refractivity contribution in [3.05, 3.63) is 44.9 Å². The molecule has 6 heteroatoms. The van der Waals surface area contributed by atoms with Gasteiger partial charge in [-0.2, -0.15) is 5.10 Å². The lowest BCUT2D eigenvalue weighted by Gasteiger charge is -2.03. The summed E-state index contributed by atoms with van der Waals surface area (Å²) >= 11 is 9.48. The van der Waals surface area contributed by atoms with E-state index >= 15 is 0 Å². The molecule has 0 spiro atoms. The van der Waals surface area contributed by atoms with E-state index in [2.05, 4.69) is 36.4 Å². The molecule has 100 valence electrons. The molecule has 1 aromatic carbocycles. The van der Waals surface area contributed by atoms with E-state index in [0.717, 1.165) is 39.7 Å². The highest BCUT2D eigenvalue weighted by Crippen LogP contribution is 2.22. The fraction of sp³-hybridized carbons (Fsp3) is 0.385. The van der Waals surface area contributed by atoms with Gasteiger partial charge in [-0.15, -0.1) is 0 Å².